The topological polar surface area (TPSA) is 70.6 Å². The number of carbonyl (C=O) groups is 1. The first kappa shape index (κ1) is 17.9. The third-order valence-electron chi connectivity index (χ3n) is 3.28. The highest BCUT2D eigenvalue weighted by Gasteiger charge is 2.31. The van der Waals surface area contributed by atoms with Gasteiger partial charge in [0.15, 0.2) is 0 Å². The van der Waals surface area contributed by atoms with E-state index in [1.165, 1.54) is 24.3 Å². The van der Waals surface area contributed by atoms with Gasteiger partial charge in [0.05, 0.1) is 0 Å². The minimum absolute atomic E-state index is 0.181. The van der Waals surface area contributed by atoms with E-state index in [0.717, 1.165) is 0 Å². The fraction of sp³-hybridized carbons (Fsp3) is 0.312. The molecule has 130 valence electrons. The highest BCUT2D eigenvalue weighted by molar-refractivity contribution is 5.86. The standard InChI is InChI=1S/C16H17F3N2O3/c1-10-2-7-13(21-14(8-9-22)15(23)20-10)11-3-5-12(6-4-11)24-16(17,18)19/h2-7,14,21-22H,8-9H2,1H3,(H,20,23)/t14-/m0/s1. The third kappa shape index (κ3) is 5.02. The lowest BCUT2D eigenvalue weighted by Crippen LogP contribution is -2.44. The fourth-order valence-electron chi connectivity index (χ4n) is 2.18. The number of nitrogens with one attached hydrogen (secondary N) is 2. The van der Waals surface area contributed by atoms with Gasteiger partial charge in [-0.1, -0.05) is 0 Å². The van der Waals surface area contributed by atoms with Crippen LogP contribution in [0.15, 0.2) is 42.1 Å². The lowest BCUT2D eigenvalue weighted by Gasteiger charge is -2.23. The number of hydrogen-bond donors (Lipinski definition) is 3. The molecule has 0 spiro atoms. The number of alkyl halides is 3. The predicted octanol–water partition coefficient (Wildman–Crippen LogP) is 2.30. The van der Waals surface area contributed by atoms with Crippen LogP contribution in [0.2, 0.25) is 0 Å². The first-order valence-corrected chi connectivity index (χ1v) is 7.21. The van der Waals surface area contributed by atoms with Crippen molar-refractivity contribution in [1.29, 1.82) is 0 Å². The van der Waals surface area contributed by atoms with Gasteiger partial charge in [-0.2, -0.15) is 0 Å². The Bertz CT molecular complexity index is 652. The van der Waals surface area contributed by atoms with Crippen LogP contribution in [0.5, 0.6) is 5.75 Å². The van der Waals surface area contributed by atoms with Gasteiger partial charge in [-0.25, -0.2) is 0 Å². The average Bonchev–Trinajstić information content (AvgIpc) is 2.48. The van der Waals surface area contributed by atoms with Gasteiger partial charge in [-0.05, 0) is 55.3 Å². The molecule has 1 amide bonds. The van der Waals surface area contributed by atoms with Crippen molar-refractivity contribution in [1.82, 2.24) is 10.6 Å². The molecule has 1 aliphatic rings. The monoisotopic (exact) mass is 342 g/mol. The molecule has 1 atom stereocenters. The molecule has 0 unspecified atom stereocenters. The molecule has 0 fully saturated rings. The zero-order chi connectivity index (χ0) is 17.7. The predicted molar refractivity (Wildman–Crippen MR) is 81.6 cm³/mol. The Kier molecular flexibility index (Phi) is 5.50. The summed E-state index contributed by atoms with van der Waals surface area (Å²) in [5.41, 5.74) is 1.77. The smallest absolute Gasteiger partial charge is 0.406 e. The van der Waals surface area contributed by atoms with Crippen molar-refractivity contribution >= 4 is 11.6 Å². The van der Waals surface area contributed by atoms with E-state index in [1.54, 1.807) is 19.1 Å². The number of amides is 1. The van der Waals surface area contributed by atoms with Crippen LogP contribution in [0.25, 0.3) is 5.70 Å². The summed E-state index contributed by atoms with van der Waals surface area (Å²) in [7, 11) is 0. The maximum absolute atomic E-state index is 12.2. The molecule has 0 bridgehead atoms. The molecule has 3 N–H and O–H groups in total. The quantitative estimate of drug-likeness (QED) is 0.785. The molecule has 0 aromatic heterocycles. The number of aliphatic hydroxyl groups is 1. The molecule has 2 rings (SSSR count). The van der Waals surface area contributed by atoms with Gasteiger partial charge >= 0.3 is 6.36 Å². The summed E-state index contributed by atoms with van der Waals surface area (Å²) in [4.78, 5) is 12.1. The SMILES string of the molecule is CC1=CC=C(c2ccc(OC(F)(F)F)cc2)N[C@@H](CCO)C(=O)N1. The van der Waals surface area contributed by atoms with Crippen LogP contribution < -0.4 is 15.4 Å². The second kappa shape index (κ2) is 7.39. The Morgan fingerprint density at radius 1 is 1.21 bits per heavy atom. The van der Waals surface area contributed by atoms with E-state index in [4.69, 9.17) is 5.11 Å². The molecule has 1 heterocycles. The Hall–Kier alpha value is -2.48. The molecule has 24 heavy (non-hydrogen) atoms. The van der Waals surface area contributed by atoms with Crippen LogP contribution in [-0.4, -0.2) is 30.0 Å². The number of rotatable bonds is 4. The summed E-state index contributed by atoms with van der Waals surface area (Å²) in [6.07, 6.45) is -1.16. The highest BCUT2D eigenvalue weighted by atomic mass is 19.4. The highest BCUT2D eigenvalue weighted by Crippen LogP contribution is 2.24. The molecule has 1 aliphatic heterocycles. The van der Waals surface area contributed by atoms with Crippen LogP contribution >= 0.6 is 0 Å². The van der Waals surface area contributed by atoms with Gasteiger partial charge in [0.1, 0.15) is 11.8 Å². The maximum Gasteiger partial charge on any atom is 0.573 e. The normalized spacial score (nSPS) is 18.5. The van der Waals surface area contributed by atoms with E-state index in [-0.39, 0.29) is 24.7 Å². The van der Waals surface area contributed by atoms with E-state index in [0.29, 0.717) is 17.0 Å². The molecular formula is C16H17F3N2O3. The van der Waals surface area contributed by atoms with E-state index < -0.39 is 12.4 Å². The number of benzene rings is 1. The van der Waals surface area contributed by atoms with Gasteiger partial charge in [0.25, 0.3) is 0 Å². The molecule has 8 heteroatoms. The summed E-state index contributed by atoms with van der Waals surface area (Å²) in [5.74, 6) is -0.616. The molecular weight excluding hydrogens is 325 g/mol. The number of hydrogen-bond acceptors (Lipinski definition) is 4. The molecule has 1 aromatic carbocycles. The number of carbonyl (C=O) groups excluding carboxylic acids is 1. The van der Waals surface area contributed by atoms with Crippen molar-refractivity contribution in [3.05, 3.63) is 47.7 Å². The zero-order valence-electron chi connectivity index (χ0n) is 12.9. The van der Waals surface area contributed by atoms with Crippen molar-refractivity contribution in [2.45, 2.75) is 25.7 Å². The summed E-state index contributed by atoms with van der Waals surface area (Å²) in [5, 5.41) is 14.8. The van der Waals surface area contributed by atoms with E-state index in [9.17, 15) is 18.0 Å². The summed E-state index contributed by atoms with van der Waals surface area (Å²) < 4.78 is 40.4. The van der Waals surface area contributed by atoms with Crippen LogP contribution in [0.1, 0.15) is 18.9 Å². The zero-order valence-corrected chi connectivity index (χ0v) is 12.9. The molecule has 1 aromatic rings. The van der Waals surface area contributed by atoms with Crippen molar-refractivity contribution in [3.8, 4) is 5.75 Å². The number of allylic oxidation sites excluding steroid dienone is 3. The first-order chi connectivity index (χ1) is 11.3. The fourth-order valence-corrected chi connectivity index (χ4v) is 2.18. The Labute approximate surface area is 136 Å². The lowest BCUT2D eigenvalue weighted by atomic mass is 10.1. The van der Waals surface area contributed by atoms with Crippen LogP contribution in [0, 0.1) is 0 Å². The van der Waals surface area contributed by atoms with Crippen LogP contribution in [-0.2, 0) is 4.79 Å². The number of halogens is 3. The molecule has 0 saturated heterocycles. The first-order valence-electron chi connectivity index (χ1n) is 7.21. The minimum atomic E-state index is -4.75. The molecule has 5 nitrogen and oxygen atoms in total. The lowest BCUT2D eigenvalue weighted by molar-refractivity contribution is -0.274. The summed E-state index contributed by atoms with van der Waals surface area (Å²) in [6.45, 7) is 1.53. The molecule has 0 radical (unpaired) electrons. The van der Waals surface area contributed by atoms with Gasteiger partial charge in [0.2, 0.25) is 5.91 Å². The van der Waals surface area contributed by atoms with Crippen molar-refractivity contribution in [2.24, 2.45) is 0 Å². The van der Waals surface area contributed by atoms with E-state index in [1.807, 2.05) is 0 Å². The third-order valence-corrected chi connectivity index (χ3v) is 3.28. The van der Waals surface area contributed by atoms with Crippen molar-refractivity contribution in [3.63, 3.8) is 0 Å². The summed E-state index contributed by atoms with van der Waals surface area (Å²) in [6, 6.07) is 4.65. The molecule has 0 aliphatic carbocycles. The van der Waals surface area contributed by atoms with Crippen LogP contribution in [0.3, 0.4) is 0 Å². The number of aliphatic hydroxyl groups excluding tert-OH is 1. The van der Waals surface area contributed by atoms with Gasteiger partial charge in [0, 0.05) is 18.0 Å². The Balaban J connectivity index is 2.25. The maximum atomic E-state index is 12.2. The Morgan fingerprint density at radius 3 is 2.46 bits per heavy atom. The van der Waals surface area contributed by atoms with Gasteiger partial charge in [-0.15, -0.1) is 13.2 Å². The largest absolute Gasteiger partial charge is 0.573 e. The minimum Gasteiger partial charge on any atom is -0.406 e. The van der Waals surface area contributed by atoms with Crippen molar-refractivity contribution < 1.29 is 27.8 Å². The van der Waals surface area contributed by atoms with E-state index >= 15 is 0 Å². The molecule has 0 saturated carbocycles. The van der Waals surface area contributed by atoms with Gasteiger partial charge < -0.3 is 20.5 Å². The van der Waals surface area contributed by atoms with Crippen molar-refractivity contribution in [2.75, 3.05) is 6.61 Å². The Morgan fingerprint density at radius 2 is 1.88 bits per heavy atom. The average molecular weight is 342 g/mol. The van der Waals surface area contributed by atoms with Crippen LogP contribution in [0.4, 0.5) is 13.2 Å². The number of ether oxygens (including phenoxy) is 1. The van der Waals surface area contributed by atoms with E-state index in [2.05, 4.69) is 15.4 Å². The summed E-state index contributed by atoms with van der Waals surface area (Å²) >= 11 is 0. The van der Waals surface area contributed by atoms with Gasteiger partial charge in [-0.3, -0.25) is 4.79 Å². The second-order valence-electron chi connectivity index (χ2n) is 5.20. The second-order valence-corrected chi connectivity index (χ2v) is 5.20.